The molecule has 1 aliphatic rings. The van der Waals surface area contributed by atoms with Gasteiger partial charge in [-0.2, -0.15) is 0 Å². The lowest BCUT2D eigenvalue weighted by atomic mass is 9.90. The van der Waals surface area contributed by atoms with Crippen molar-refractivity contribution in [3.63, 3.8) is 0 Å². The Morgan fingerprint density at radius 1 is 1.31 bits per heavy atom. The second-order valence-electron chi connectivity index (χ2n) is 5.04. The highest BCUT2D eigenvalue weighted by molar-refractivity contribution is 4.74. The first-order valence-electron chi connectivity index (χ1n) is 7.10. The second-order valence-corrected chi connectivity index (χ2v) is 5.04. The van der Waals surface area contributed by atoms with E-state index in [1.807, 2.05) is 0 Å². The van der Waals surface area contributed by atoms with Crippen LogP contribution in [0.1, 0.15) is 58.8 Å². The van der Waals surface area contributed by atoms with Crippen molar-refractivity contribution in [3.05, 3.63) is 0 Å². The van der Waals surface area contributed by atoms with Gasteiger partial charge in [-0.25, -0.2) is 0 Å². The first-order chi connectivity index (χ1) is 7.81. The van der Waals surface area contributed by atoms with E-state index in [0.29, 0.717) is 12.1 Å². The summed E-state index contributed by atoms with van der Waals surface area (Å²) < 4.78 is 5.66. The predicted octanol–water partition coefficient (Wildman–Crippen LogP) is 3.36. The van der Waals surface area contributed by atoms with Crippen LogP contribution in [0.2, 0.25) is 0 Å². The molecule has 2 unspecified atom stereocenters. The van der Waals surface area contributed by atoms with E-state index in [2.05, 4.69) is 26.2 Å². The lowest BCUT2D eigenvalue weighted by Gasteiger charge is -2.25. The average Bonchev–Trinajstić information content (AvgIpc) is 2.81. The molecular formula is C14H29NO. The van der Waals surface area contributed by atoms with Crippen molar-refractivity contribution in [2.24, 2.45) is 5.92 Å². The SMILES string of the molecule is CCC(CC)C(CCCC1CCCO1)NC. The van der Waals surface area contributed by atoms with Crippen LogP contribution >= 0.6 is 0 Å². The van der Waals surface area contributed by atoms with Crippen LogP contribution in [0, 0.1) is 5.92 Å². The van der Waals surface area contributed by atoms with Crippen molar-refractivity contribution in [3.8, 4) is 0 Å². The molecule has 1 aliphatic heterocycles. The molecule has 1 rings (SSSR count). The van der Waals surface area contributed by atoms with E-state index >= 15 is 0 Å². The summed E-state index contributed by atoms with van der Waals surface area (Å²) in [6, 6.07) is 0.705. The number of nitrogens with one attached hydrogen (secondary N) is 1. The minimum Gasteiger partial charge on any atom is -0.378 e. The zero-order valence-electron chi connectivity index (χ0n) is 11.3. The number of rotatable bonds is 8. The third-order valence-electron chi connectivity index (χ3n) is 4.05. The molecule has 2 nitrogen and oxygen atoms in total. The van der Waals surface area contributed by atoms with Gasteiger partial charge in [0, 0.05) is 12.6 Å². The van der Waals surface area contributed by atoms with Gasteiger partial charge < -0.3 is 10.1 Å². The third-order valence-corrected chi connectivity index (χ3v) is 4.05. The monoisotopic (exact) mass is 227 g/mol. The molecular weight excluding hydrogens is 198 g/mol. The minimum absolute atomic E-state index is 0.569. The molecule has 1 saturated heterocycles. The van der Waals surface area contributed by atoms with Crippen molar-refractivity contribution in [1.29, 1.82) is 0 Å². The fraction of sp³-hybridized carbons (Fsp3) is 1.00. The van der Waals surface area contributed by atoms with Crippen LogP contribution in [0.5, 0.6) is 0 Å². The van der Waals surface area contributed by atoms with Gasteiger partial charge in [0.05, 0.1) is 6.10 Å². The Labute approximate surface area is 101 Å². The average molecular weight is 227 g/mol. The molecule has 0 aromatic rings. The third kappa shape index (κ3) is 4.42. The first-order valence-corrected chi connectivity index (χ1v) is 7.10. The van der Waals surface area contributed by atoms with Crippen molar-refractivity contribution in [2.45, 2.75) is 70.9 Å². The molecule has 1 N–H and O–H groups in total. The molecule has 16 heavy (non-hydrogen) atoms. The maximum absolute atomic E-state index is 5.66. The van der Waals surface area contributed by atoms with E-state index in [9.17, 15) is 0 Å². The zero-order valence-corrected chi connectivity index (χ0v) is 11.3. The highest BCUT2D eigenvalue weighted by Crippen LogP contribution is 2.21. The Morgan fingerprint density at radius 2 is 2.06 bits per heavy atom. The maximum atomic E-state index is 5.66. The normalized spacial score (nSPS) is 22.9. The molecule has 1 heterocycles. The van der Waals surface area contributed by atoms with Crippen LogP contribution in [0.15, 0.2) is 0 Å². The molecule has 0 radical (unpaired) electrons. The van der Waals surface area contributed by atoms with Gasteiger partial charge in [-0.05, 0) is 45.1 Å². The van der Waals surface area contributed by atoms with Crippen molar-refractivity contribution in [1.82, 2.24) is 5.32 Å². The summed E-state index contributed by atoms with van der Waals surface area (Å²) in [6.45, 7) is 5.60. The highest BCUT2D eigenvalue weighted by atomic mass is 16.5. The number of hydrogen-bond donors (Lipinski definition) is 1. The van der Waals surface area contributed by atoms with E-state index in [0.717, 1.165) is 12.5 Å². The first kappa shape index (κ1) is 14.0. The molecule has 0 aromatic heterocycles. The molecule has 0 spiro atoms. The molecule has 96 valence electrons. The molecule has 1 fully saturated rings. The van der Waals surface area contributed by atoms with Gasteiger partial charge in [0.1, 0.15) is 0 Å². The van der Waals surface area contributed by atoms with E-state index in [4.69, 9.17) is 4.74 Å². The molecule has 2 heteroatoms. The summed E-state index contributed by atoms with van der Waals surface area (Å²) in [5.74, 6) is 0.842. The van der Waals surface area contributed by atoms with Gasteiger partial charge in [0.25, 0.3) is 0 Å². The van der Waals surface area contributed by atoms with Gasteiger partial charge in [-0.15, -0.1) is 0 Å². The van der Waals surface area contributed by atoms with Crippen LogP contribution < -0.4 is 5.32 Å². The van der Waals surface area contributed by atoms with Gasteiger partial charge in [-0.1, -0.05) is 26.7 Å². The highest BCUT2D eigenvalue weighted by Gasteiger charge is 2.19. The van der Waals surface area contributed by atoms with Crippen molar-refractivity contribution >= 4 is 0 Å². The summed E-state index contributed by atoms with van der Waals surface area (Å²) in [5, 5.41) is 3.49. The lowest BCUT2D eigenvalue weighted by Crippen LogP contribution is -2.33. The topological polar surface area (TPSA) is 21.3 Å². The second kappa shape index (κ2) is 8.08. The van der Waals surface area contributed by atoms with Crippen LogP contribution in [-0.4, -0.2) is 25.8 Å². The lowest BCUT2D eigenvalue weighted by molar-refractivity contribution is 0.100. The Hall–Kier alpha value is -0.0800. The number of hydrogen-bond acceptors (Lipinski definition) is 2. The van der Waals surface area contributed by atoms with Gasteiger partial charge in [0.2, 0.25) is 0 Å². The van der Waals surface area contributed by atoms with Crippen LogP contribution in [0.4, 0.5) is 0 Å². The van der Waals surface area contributed by atoms with Crippen LogP contribution in [0.25, 0.3) is 0 Å². The molecule has 0 amide bonds. The summed E-state index contributed by atoms with van der Waals surface area (Å²) in [7, 11) is 2.11. The van der Waals surface area contributed by atoms with Gasteiger partial charge >= 0.3 is 0 Å². The maximum Gasteiger partial charge on any atom is 0.0576 e. The molecule has 2 atom stereocenters. The standard InChI is InChI=1S/C14H29NO/c1-4-12(5-2)14(15-3)10-6-8-13-9-7-11-16-13/h12-15H,4-11H2,1-3H3. The summed E-state index contributed by atoms with van der Waals surface area (Å²) >= 11 is 0. The fourth-order valence-electron chi connectivity index (χ4n) is 2.91. The molecule has 0 bridgehead atoms. The van der Waals surface area contributed by atoms with E-state index in [1.54, 1.807) is 0 Å². The van der Waals surface area contributed by atoms with Crippen LogP contribution in [-0.2, 0) is 4.74 Å². The van der Waals surface area contributed by atoms with Crippen LogP contribution in [0.3, 0.4) is 0 Å². The quantitative estimate of drug-likeness (QED) is 0.686. The molecule has 0 saturated carbocycles. The van der Waals surface area contributed by atoms with Gasteiger partial charge in [0.15, 0.2) is 0 Å². The number of ether oxygens (including phenoxy) is 1. The van der Waals surface area contributed by atoms with Gasteiger partial charge in [-0.3, -0.25) is 0 Å². The van der Waals surface area contributed by atoms with E-state index < -0.39 is 0 Å². The minimum atomic E-state index is 0.569. The largest absolute Gasteiger partial charge is 0.378 e. The molecule has 0 aromatic carbocycles. The Bertz CT molecular complexity index is 162. The van der Waals surface area contributed by atoms with E-state index in [1.165, 1.54) is 44.9 Å². The Balaban J connectivity index is 2.16. The zero-order chi connectivity index (χ0) is 11.8. The predicted molar refractivity (Wildman–Crippen MR) is 69.7 cm³/mol. The smallest absolute Gasteiger partial charge is 0.0576 e. The van der Waals surface area contributed by atoms with E-state index in [-0.39, 0.29) is 0 Å². The fourth-order valence-corrected chi connectivity index (χ4v) is 2.91. The molecule has 0 aliphatic carbocycles. The Kier molecular flexibility index (Phi) is 7.06. The van der Waals surface area contributed by atoms with Crippen molar-refractivity contribution < 1.29 is 4.74 Å². The summed E-state index contributed by atoms with van der Waals surface area (Å²) in [6.07, 6.45) is 9.60. The summed E-state index contributed by atoms with van der Waals surface area (Å²) in [4.78, 5) is 0. The Morgan fingerprint density at radius 3 is 2.56 bits per heavy atom. The summed E-state index contributed by atoms with van der Waals surface area (Å²) in [5.41, 5.74) is 0. The van der Waals surface area contributed by atoms with Crippen molar-refractivity contribution in [2.75, 3.05) is 13.7 Å².